The van der Waals surface area contributed by atoms with E-state index in [0.29, 0.717) is 5.56 Å². The van der Waals surface area contributed by atoms with E-state index < -0.39 is 0 Å². The van der Waals surface area contributed by atoms with Crippen LogP contribution >= 0.6 is 0 Å². The average Bonchev–Trinajstić information content (AvgIpc) is 3.06. The molecule has 0 saturated heterocycles. The average molecular weight is 331 g/mol. The van der Waals surface area contributed by atoms with Crippen molar-refractivity contribution in [3.63, 3.8) is 0 Å². The summed E-state index contributed by atoms with van der Waals surface area (Å²) in [6, 6.07) is 17.2. The third-order valence-electron chi connectivity index (χ3n) is 4.40. The molecule has 3 nitrogen and oxygen atoms in total. The third-order valence-corrected chi connectivity index (χ3v) is 4.40. The normalized spacial score (nSPS) is 11.0. The maximum atomic E-state index is 14.7. The van der Waals surface area contributed by atoms with E-state index >= 15 is 0 Å². The Bertz CT molecular complexity index is 1000. The molecule has 2 heterocycles. The second-order valence-electron chi connectivity index (χ2n) is 6.28. The van der Waals surface area contributed by atoms with E-state index in [1.54, 1.807) is 18.5 Å². The Labute approximate surface area is 145 Å². The molecule has 0 spiro atoms. The van der Waals surface area contributed by atoms with Crippen molar-refractivity contribution < 1.29 is 4.39 Å². The van der Waals surface area contributed by atoms with Crippen LogP contribution in [0.4, 0.5) is 10.1 Å². The van der Waals surface area contributed by atoms with Crippen LogP contribution in [0, 0.1) is 5.82 Å². The van der Waals surface area contributed by atoms with Crippen molar-refractivity contribution in [2.24, 2.45) is 0 Å². The van der Waals surface area contributed by atoms with Crippen molar-refractivity contribution in [3.05, 3.63) is 72.8 Å². The van der Waals surface area contributed by atoms with Gasteiger partial charge in [-0.3, -0.25) is 4.98 Å². The highest BCUT2D eigenvalue weighted by molar-refractivity contribution is 5.85. The van der Waals surface area contributed by atoms with Crippen LogP contribution in [0.25, 0.3) is 33.3 Å². The molecule has 4 rings (SSSR count). The van der Waals surface area contributed by atoms with Crippen LogP contribution in [0.5, 0.6) is 0 Å². The van der Waals surface area contributed by atoms with E-state index in [9.17, 15) is 4.39 Å². The highest BCUT2D eigenvalue weighted by atomic mass is 19.1. The van der Waals surface area contributed by atoms with Gasteiger partial charge in [0.1, 0.15) is 5.82 Å². The van der Waals surface area contributed by atoms with Crippen molar-refractivity contribution >= 4 is 16.6 Å². The summed E-state index contributed by atoms with van der Waals surface area (Å²) in [5.74, 6) is -0.230. The quantitative estimate of drug-likeness (QED) is 0.566. The van der Waals surface area contributed by atoms with Gasteiger partial charge in [0, 0.05) is 48.2 Å². The predicted octanol–water partition coefficient (Wildman–Crippen LogP) is 5.10. The molecule has 0 bridgehead atoms. The molecular formula is C21H18FN3. The number of nitrogens with one attached hydrogen (secondary N) is 1. The van der Waals surface area contributed by atoms with Gasteiger partial charge in [-0.1, -0.05) is 24.3 Å². The first-order chi connectivity index (χ1) is 12.1. The molecule has 25 heavy (non-hydrogen) atoms. The maximum absolute atomic E-state index is 14.7. The smallest absolute Gasteiger partial charge is 0.131 e. The van der Waals surface area contributed by atoms with Gasteiger partial charge in [0.15, 0.2) is 0 Å². The predicted molar refractivity (Wildman–Crippen MR) is 101 cm³/mol. The number of halogens is 1. The topological polar surface area (TPSA) is 31.9 Å². The summed E-state index contributed by atoms with van der Waals surface area (Å²) in [6.45, 7) is 0. The van der Waals surface area contributed by atoms with Crippen LogP contribution < -0.4 is 4.90 Å². The van der Waals surface area contributed by atoms with Gasteiger partial charge in [-0.25, -0.2) is 4.39 Å². The van der Waals surface area contributed by atoms with E-state index in [2.05, 4.69) is 9.97 Å². The Morgan fingerprint density at radius 3 is 2.36 bits per heavy atom. The number of fused-ring (bicyclic) bond motifs is 1. The number of rotatable bonds is 3. The van der Waals surface area contributed by atoms with Crippen LogP contribution in [-0.2, 0) is 0 Å². The fourth-order valence-corrected chi connectivity index (χ4v) is 2.98. The van der Waals surface area contributed by atoms with Gasteiger partial charge in [0.05, 0.1) is 11.7 Å². The van der Waals surface area contributed by atoms with E-state index in [1.807, 2.05) is 67.5 Å². The fraction of sp³-hybridized carbons (Fsp3) is 0.0952. The third kappa shape index (κ3) is 2.87. The Morgan fingerprint density at radius 1 is 0.920 bits per heavy atom. The van der Waals surface area contributed by atoms with E-state index in [-0.39, 0.29) is 5.82 Å². The number of pyridine rings is 1. The lowest BCUT2D eigenvalue weighted by atomic mass is 10.0. The SMILES string of the molecule is CN(C)c1ccc(-c2ccc(-c3cc4ccncc4[nH]3)cc2F)cc1. The van der Waals surface area contributed by atoms with Gasteiger partial charge in [0.2, 0.25) is 0 Å². The zero-order chi connectivity index (χ0) is 17.4. The summed E-state index contributed by atoms with van der Waals surface area (Å²) in [5.41, 5.74) is 5.22. The van der Waals surface area contributed by atoms with Crippen LogP contribution in [0.3, 0.4) is 0 Å². The zero-order valence-corrected chi connectivity index (χ0v) is 14.1. The van der Waals surface area contributed by atoms with E-state index in [0.717, 1.165) is 33.4 Å². The van der Waals surface area contributed by atoms with Crippen molar-refractivity contribution in [1.82, 2.24) is 9.97 Å². The molecule has 0 amide bonds. The molecule has 1 N–H and O–H groups in total. The molecule has 0 saturated carbocycles. The van der Waals surface area contributed by atoms with E-state index in [4.69, 9.17) is 0 Å². The molecule has 0 radical (unpaired) electrons. The molecule has 124 valence electrons. The molecule has 0 atom stereocenters. The number of anilines is 1. The Morgan fingerprint density at radius 2 is 1.68 bits per heavy atom. The van der Waals surface area contributed by atoms with Gasteiger partial charge in [0.25, 0.3) is 0 Å². The largest absolute Gasteiger partial charge is 0.378 e. The second-order valence-corrected chi connectivity index (χ2v) is 6.28. The molecule has 0 fully saturated rings. The second kappa shape index (κ2) is 6.06. The molecule has 0 unspecified atom stereocenters. The van der Waals surface area contributed by atoms with Crippen LogP contribution in [0.15, 0.2) is 67.0 Å². The molecule has 4 aromatic rings. The lowest BCUT2D eigenvalue weighted by molar-refractivity contribution is 0.632. The summed E-state index contributed by atoms with van der Waals surface area (Å²) in [5, 5.41) is 1.06. The van der Waals surface area contributed by atoms with Crippen LogP contribution in [0.2, 0.25) is 0 Å². The van der Waals surface area contributed by atoms with Crippen molar-refractivity contribution in [2.75, 3.05) is 19.0 Å². The lowest BCUT2D eigenvalue weighted by Gasteiger charge is -2.13. The zero-order valence-electron chi connectivity index (χ0n) is 14.1. The van der Waals surface area contributed by atoms with E-state index in [1.165, 1.54) is 0 Å². The summed E-state index contributed by atoms with van der Waals surface area (Å²) < 4.78 is 14.7. The molecule has 4 heteroatoms. The van der Waals surface area contributed by atoms with Gasteiger partial charge in [-0.2, -0.15) is 0 Å². The molecular weight excluding hydrogens is 313 g/mol. The standard InChI is InChI=1S/C21H18FN3/c1-25(2)17-6-3-14(4-7-17)18-8-5-15(11-19(18)22)20-12-16-9-10-23-13-21(16)24-20/h3-13,24H,1-2H3. The monoisotopic (exact) mass is 331 g/mol. The molecule has 0 aliphatic heterocycles. The number of aromatic amines is 1. The minimum absolute atomic E-state index is 0.230. The van der Waals surface area contributed by atoms with Gasteiger partial charge in [-0.05, 0) is 35.9 Å². The van der Waals surface area contributed by atoms with Crippen LogP contribution in [-0.4, -0.2) is 24.1 Å². The Hall–Kier alpha value is -3.14. The van der Waals surface area contributed by atoms with Gasteiger partial charge < -0.3 is 9.88 Å². The molecule has 2 aromatic heterocycles. The van der Waals surface area contributed by atoms with Crippen molar-refractivity contribution in [2.45, 2.75) is 0 Å². The first kappa shape index (κ1) is 15.4. The summed E-state index contributed by atoms with van der Waals surface area (Å²) >= 11 is 0. The summed E-state index contributed by atoms with van der Waals surface area (Å²) in [7, 11) is 3.97. The number of benzene rings is 2. The lowest BCUT2D eigenvalue weighted by Crippen LogP contribution is -2.07. The number of H-pyrrole nitrogens is 1. The Balaban J connectivity index is 1.70. The first-order valence-electron chi connectivity index (χ1n) is 8.12. The number of hydrogen-bond acceptors (Lipinski definition) is 2. The van der Waals surface area contributed by atoms with Crippen molar-refractivity contribution in [3.8, 4) is 22.4 Å². The molecule has 0 aliphatic rings. The Kier molecular flexibility index (Phi) is 3.73. The fourth-order valence-electron chi connectivity index (χ4n) is 2.98. The molecule has 2 aromatic carbocycles. The molecule has 0 aliphatic carbocycles. The minimum atomic E-state index is -0.230. The highest BCUT2D eigenvalue weighted by Gasteiger charge is 2.09. The maximum Gasteiger partial charge on any atom is 0.131 e. The van der Waals surface area contributed by atoms with Crippen molar-refractivity contribution in [1.29, 1.82) is 0 Å². The number of nitrogens with zero attached hydrogens (tertiary/aromatic N) is 2. The summed E-state index contributed by atoms with van der Waals surface area (Å²) in [4.78, 5) is 9.41. The number of hydrogen-bond donors (Lipinski definition) is 1. The minimum Gasteiger partial charge on any atom is -0.378 e. The number of aromatic nitrogens is 2. The van der Waals surface area contributed by atoms with Gasteiger partial charge >= 0.3 is 0 Å². The van der Waals surface area contributed by atoms with Gasteiger partial charge in [-0.15, -0.1) is 0 Å². The van der Waals surface area contributed by atoms with Crippen LogP contribution in [0.1, 0.15) is 0 Å². The summed E-state index contributed by atoms with van der Waals surface area (Å²) in [6.07, 6.45) is 3.52. The highest BCUT2D eigenvalue weighted by Crippen LogP contribution is 2.30. The first-order valence-corrected chi connectivity index (χ1v) is 8.12.